The number of nitrogens with zero attached hydrogens (tertiary/aromatic N) is 3. The van der Waals surface area contributed by atoms with Crippen LogP contribution >= 0.6 is 11.6 Å². The summed E-state index contributed by atoms with van der Waals surface area (Å²) in [5, 5.41) is 7.49. The van der Waals surface area contributed by atoms with Gasteiger partial charge < -0.3 is 19.3 Å². The van der Waals surface area contributed by atoms with Crippen molar-refractivity contribution in [3.8, 4) is 22.8 Å². The Morgan fingerprint density at radius 3 is 2.53 bits per heavy atom. The van der Waals surface area contributed by atoms with E-state index < -0.39 is 17.5 Å². The first kappa shape index (κ1) is 21.4. The van der Waals surface area contributed by atoms with Crippen molar-refractivity contribution in [2.45, 2.75) is 13.0 Å². The largest absolute Gasteiger partial charge is 0.493 e. The zero-order valence-electron chi connectivity index (χ0n) is 17.5. The van der Waals surface area contributed by atoms with Crippen LogP contribution in [-0.4, -0.2) is 34.8 Å². The summed E-state index contributed by atoms with van der Waals surface area (Å²) in [6, 6.07) is 10.9. The summed E-state index contributed by atoms with van der Waals surface area (Å²) < 4.78 is 16.9. The van der Waals surface area contributed by atoms with Crippen molar-refractivity contribution in [3.63, 3.8) is 0 Å². The highest BCUT2D eigenvalue weighted by molar-refractivity contribution is 6.30. The molecule has 0 saturated heterocycles. The van der Waals surface area contributed by atoms with E-state index in [-0.39, 0.29) is 11.1 Å². The molecule has 1 atom stereocenters. The van der Waals surface area contributed by atoms with Crippen LogP contribution in [0, 0.1) is 0 Å². The number of aromatic nitrogens is 3. The molecule has 32 heavy (non-hydrogen) atoms. The van der Waals surface area contributed by atoms with Crippen molar-refractivity contribution >= 4 is 34.3 Å². The first-order valence-electron chi connectivity index (χ1n) is 9.58. The highest BCUT2D eigenvalue weighted by Crippen LogP contribution is 2.30. The Morgan fingerprint density at radius 1 is 1.12 bits per heavy atom. The summed E-state index contributed by atoms with van der Waals surface area (Å²) in [6.07, 6.45) is 1.26. The Kier molecular flexibility index (Phi) is 5.83. The number of nitrogens with one attached hydrogen (secondary N) is 1. The van der Waals surface area contributed by atoms with Crippen LogP contribution in [0.4, 0.5) is 5.69 Å². The van der Waals surface area contributed by atoms with Crippen LogP contribution in [0.2, 0.25) is 5.02 Å². The SMILES string of the molecule is COc1ccc(NC(=O)[C@@H](C)n2cnc3onc(-c4ccc(Cl)cc4)c3c2=O)cc1OC. The minimum atomic E-state index is -0.861. The number of benzene rings is 2. The standard InChI is InChI=1S/C22H19ClN4O5/c1-12(20(28)25-15-8-9-16(30-2)17(10-15)31-3)27-11-24-21-18(22(27)29)19(26-32-21)13-4-6-14(23)7-5-13/h4-12H,1-3H3,(H,25,28)/t12-/m1/s1. The van der Waals surface area contributed by atoms with Crippen molar-refractivity contribution in [1.29, 1.82) is 0 Å². The number of rotatable bonds is 6. The van der Waals surface area contributed by atoms with Crippen molar-refractivity contribution in [2.75, 3.05) is 19.5 Å². The number of carbonyl (C=O) groups is 1. The van der Waals surface area contributed by atoms with Gasteiger partial charge in [-0.25, -0.2) is 4.98 Å². The van der Waals surface area contributed by atoms with Crippen LogP contribution in [0.3, 0.4) is 0 Å². The van der Waals surface area contributed by atoms with Crippen molar-refractivity contribution in [2.24, 2.45) is 0 Å². The van der Waals surface area contributed by atoms with Crippen LogP contribution in [0.25, 0.3) is 22.4 Å². The third-order valence-electron chi connectivity index (χ3n) is 4.99. The van der Waals surface area contributed by atoms with Gasteiger partial charge in [0.25, 0.3) is 11.3 Å². The maximum atomic E-state index is 13.2. The van der Waals surface area contributed by atoms with E-state index in [0.717, 1.165) is 0 Å². The van der Waals surface area contributed by atoms with Crippen LogP contribution in [0.5, 0.6) is 11.5 Å². The predicted molar refractivity (Wildman–Crippen MR) is 119 cm³/mol. The highest BCUT2D eigenvalue weighted by Gasteiger charge is 2.22. The van der Waals surface area contributed by atoms with Crippen molar-refractivity contribution in [1.82, 2.24) is 14.7 Å². The van der Waals surface area contributed by atoms with E-state index in [4.69, 9.17) is 25.6 Å². The molecular formula is C22H19ClN4O5. The number of carbonyl (C=O) groups excluding carboxylic acids is 1. The first-order valence-corrected chi connectivity index (χ1v) is 9.96. The van der Waals surface area contributed by atoms with Crippen molar-refractivity contribution < 1.29 is 18.8 Å². The minimum absolute atomic E-state index is 0.0868. The third-order valence-corrected chi connectivity index (χ3v) is 5.24. The Balaban J connectivity index is 1.66. The molecule has 2 heterocycles. The molecule has 0 radical (unpaired) electrons. The molecule has 1 N–H and O–H groups in total. The summed E-state index contributed by atoms with van der Waals surface area (Å²) in [5.74, 6) is 0.590. The molecule has 164 valence electrons. The number of hydrogen-bond acceptors (Lipinski definition) is 7. The van der Waals surface area contributed by atoms with Crippen LogP contribution in [-0.2, 0) is 4.79 Å². The lowest BCUT2D eigenvalue weighted by Crippen LogP contribution is -2.31. The molecule has 9 nitrogen and oxygen atoms in total. The molecule has 1 amide bonds. The smallest absolute Gasteiger partial charge is 0.267 e. The number of fused-ring (bicyclic) bond motifs is 1. The molecule has 0 aliphatic carbocycles. The molecule has 2 aromatic heterocycles. The maximum Gasteiger partial charge on any atom is 0.267 e. The van der Waals surface area contributed by atoms with Gasteiger partial charge in [0.1, 0.15) is 23.4 Å². The van der Waals surface area contributed by atoms with Gasteiger partial charge in [-0.05, 0) is 31.2 Å². The normalized spacial score (nSPS) is 11.9. The second-order valence-corrected chi connectivity index (χ2v) is 7.35. The summed E-state index contributed by atoms with van der Waals surface area (Å²) in [5.41, 5.74) is 1.11. The molecule has 0 unspecified atom stereocenters. The lowest BCUT2D eigenvalue weighted by molar-refractivity contribution is -0.118. The average Bonchev–Trinajstić information content (AvgIpc) is 3.24. The number of hydrogen-bond donors (Lipinski definition) is 1. The fourth-order valence-corrected chi connectivity index (χ4v) is 3.35. The Bertz CT molecular complexity index is 1350. The lowest BCUT2D eigenvalue weighted by Gasteiger charge is -2.15. The predicted octanol–water partition coefficient (Wildman–Crippen LogP) is 3.92. The number of methoxy groups -OCH3 is 2. The van der Waals surface area contributed by atoms with E-state index in [1.54, 1.807) is 49.4 Å². The van der Waals surface area contributed by atoms with Crippen LogP contribution in [0.15, 0.2) is 58.1 Å². The van der Waals surface area contributed by atoms with Gasteiger partial charge in [0.15, 0.2) is 11.5 Å². The molecule has 0 aliphatic heterocycles. The summed E-state index contributed by atoms with van der Waals surface area (Å²) in [4.78, 5) is 30.2. The Hall–Kier alpha value is -3.85. The van der Waals surface area contributed by atoms with E-state index in [1.807, 2.05) is 0 Å². The van der Waals surface area contributed by atoms with Gasteiger partial charge in [0.2, 0.25) is 5.91 Å². The van der Waals surface area contributed by atoms with Gasteiger partial charge in [0, 0.05) is 22.3 Å². The van der Waals surface area contributed by atoms with E-state index in [2.05, 4.69) is 15.5 Å². The second-order valence-electron chi connectivity index (χ2n) is 6.91. The van der Waals surface area contributed by atoms with Gasteiger partial charge >= 0.3 is 0 Å². The summed E-state index contributed by atoms with van der Waals surface area (Å²) in [7, 11) is 3.03. The average molecular weight is 455 g/mol. The molecule has 4 aromatic rings. The molecule has 0 aliphatic rings. The topological polar surface area (TPSA) is 108 Å². The van der Waals surface area contributed by atoms with E-state index >= 15 is 0 Å². The first-order chi connectivity index (χ1) is 15.4. The number of amides is 1. The van der Waals surface area contributed by atoms with Crippen LogP contribution < -0.4 is 20.3 Å². The lowest BCUT2D eigenvalue weighted by atomic mass is 10.1. The number of halogens is 1. The van der Waals surface area contributed by atoms with Gasteiger partial charge in [-0.2, -0.15) is 0 Å². The fraction of sp³-hybridized carbons (Fsp3) is 0.182. The summed E-state index contributed by atoms with van der Waals surface area (Å²) in [6.45, 7) is 1.60. The minimum Gasteiger partial charge on any atom is -0.493 e. The Labute approximate surface area is 187 Å². The van der Waals surface area contributed by atoms with Gasteiger partial charge in [-0.15, -0.1) is 0 Å². The monoisotopic (exact) mass is 454 g/mol. The number of ether oxygens (including phenoxy) is 2. The summed E-state index contributed by atoms with van der Waals surface area (Å²) >= 11 is 5.95. The van der Waals surface area contributed by atoms with Gasteiger partial charge in [-0.1, -0.05) is 28.9 Å². The third kappa shape index (κ3) is 3.90. The molecule has 4 rings (SSSR count). The van der Waals surface area contributed by atoms with Gasteiger partial charge in [-0.3, -0.25) is 14.2 Å². The quantitative estimate of drug-likeness (QED) is 0.470. The zero-order valence-corrected chi connectivity index (χ0v) is 18.2. The molecule has 0 spiro atoms. The number of anilines is 1. The van der Waals surface area contributed by atoms with E-state index in [1.165, 1.54) is 25.1 Å². The van der Waals surface area contributed by atoms with Gasteiger partial charge in [0.05, 0.1) is 14.2 Å². The fourth-order valence-electron chi connectivity index (χ4n) is 3.23. The highest BCUT2D eigenvalue weighted by atomic mass is 35.5. The van der Waals surface area contributed by atoms with E-state index in [0.29, 0.717) is 33.5 Å². The maximum absolute atomic E-state index is 13.2. The molecule has 2 aromatic carbocycles. The van der Waals surface area contributed by atoms with Crippen LogP contribution in [0.1, 0.15) is 13.0 Å². The zero-order chi connectivity index (χ0) is 22.8. The second kappa shape index (κ2) is 8.72. The molecule has 0 saturated carbocycles. The molecule has 10 heteroatoms. The molecule has 0 fully saturated rings. The Morgan fingerprint density at radius 2 is 1.84 bits per heavy atom. The molecular weight excluding hydrogens is 436 g/mol. The van der Waals surface area contributed by atoms with Crippen molar-refractivity contribution in [3.05, 3.63) is 64.2 Å². The van der Waals surface area contributed by atoms with E-state index in [9.17, 15) is 9.59 Å². The molecule has 0 bridgehead atoms.